The van der Waals surface area contributed by atoms with Crippen molar-refractivity contribution in [2.75, 3.05) is 11.9 Å². The maximum Gasteiger partial charge on any atom is 0.341 e. The molecule has 2 aromatic rings. The van der Waals surface area contributed by atoms with Crippen LogP contribution in [0.15, 0.2) is 12.3 Å². The van der Waals surface area contributed by atoms with E-state index >= 15 is 0 Å². The SMILES string of the molecule is CCOC(=O)c1cc(CC)sc1NC(=O)c1cn[nH]c1C. The predicted octanol–water partition coefficient (Wildman–Crippen LogP) is 2.77. The third kappa shape index (κ3) is 3.30. The molecule has 0 aromatic carbocycles. The van der Waals surface area contributed by atoms with Gasteiger partial charge < -0.3 is 10.1 Å². The second kappa shape index (κ2) is 6.53. The van der Waals surface area contributed by atoms with Crippen LogP contribution >= 0.6 is 11.3 Å². The van der Waals surface area contributed by atoms with E-state index in [1.165, 1.54) is 17.5 Å². The summed E-state index contributed by atoms with van der Waals surface area (Å²) in [5.41, 5.74) is 1.53. The Labute approximate surface area is 126 Å². The van der Waals surface area contributed by atoms with E-state index in [1.807, 2.05) is 6.92 Å². The number of nitrogens with zero attached hydrogens (tertiary/aromatic N) is 1. The molecule has 0 bridgehead atoms. The van der Waals surface area contributed by atoms with E-state index in [0.717, 1.165) is 11.3 Å². The number of aromatic nitrogens is 2. The number of amides is 1. The number of anilines is 1. The third-order valence-electron chi connectivity index (χ3n) is 2.93. The van der Waals surface area contributed by atoms with Crippen molar-refractivity contribution in [2.24, 2.45) is 0 Å². The van der Waals surface area contributed by atoms with Crippen LogP contribution in [0.1, 0.15) is 45.1 Å². The van der Waals surface area contributed by atoms with Gasteiger partial charge in [0.05, 0.1) is 23.9 Å². The van der Waals surface area contributed by atoms with Gasteiger partial charge in [-0.15, -0.1) is 11.3 Å². The fraction of sp³-hybridized carbons (Fsp3) is 0.357. The van der Waals surface area contributed by atoms with Crippen molar-refractivity contribution in [3.05, 3.63) is 34.0 Å². The quantitative estimate of drug-likeness (QED) is 0.832. The number of aryl methyl sites for hydroxylation is 2. The summed E-state index contributed by atoms with van der Waals surface area (Å²) in [6.45, 7) is 5.80. The van der Waals surface area contributed by atoms with Gasteiger partial charge in [-0.2, -0.15) is 5.10 Å². The van der Waals surface area contributed by atoms with Gasteiger partial charge in [0.15, 0.2) is 0 Å². The van der Waals surface area contributed by atoms with E-state index < -0.39 is 5.97 Å². The van der Waals surface area contributed by atoms with E-state index in [1.54, 1.807) is 19.9 Å². The Morgan fingerprint density at radius 3 is 2.71 bits per heavy atom. The smallest absolute Gasteiger partial charge is 0.341 e. The van der Waals surface area contributed by atoms with E-state index in [4.69, 9.17) is 4.74 Å². The van der Waals surface area contributed by atoms with Gasteiger partial charge in [-0.3, -0.25) is 9.89 Å². The molecule has 0 atom stereocenters. The first kappa shape index (κ1) is 15.2. The van der Waals surface area contributed by atoms with Gasteiger partial charge in [-0.05, 0) is 26.3 Å². The van der Waals surface area contributed by atoms with Crippen LogP contribution < -0.4 is 5.32 Å². The van der Waals surface area contributed by atoms with Gasteiger partial charge in [0.1, 0.15) is 5.00 Å². The van der Waals surface area contributed by atoms with Crippen LogP contribution in [0.5, 0.6) is 0 Å². The maximum absolute atomic E-state index is 12.2. The average Bonchev–Trinajstić information content (AvgIpc) is 3.05. The molecule has 7 heteroatoms. The summed E-state index contributed by atoms with van der Waals surface area (Å²) < 4.78 is 5.02. The van der Waals surface area contributed by atoms with Crippen molar-refractivity contribution >= 4 is 28.2 Å². The molecule has 1 amide bonds. The van der Waals surface area contributed by atoms with Crippen molar-refractivity contribution in [2.45, 2.75) is 27.2 Å². The highest BCUT2D eigenvalue weighted by molar-refractivity contribution is 7.16. The fourth-order valence-electron chi connectivity index (χ4n) is 1.82. The van der Waals surface area contributed by atoms with Gasteiger partial charge in [-0.1, -0.05) is 6.92 Å². The van der Waals surface area contributed by atoms with Gasteiger partial charge in [0, 0.05) is 10.6 Å². The summed E-state index contributed by atoms with van der Waals surface area (Å²) in [6.07, 6.45) is 2.25. The lowest BCUT2D eigenvalue weighted by Crippen LogP contribution is -2.14. The Hall–Kier alpha value is -2.15. The summed E-state index contributed by atoms with van der Waals surface area (Å²) in [7, 11) is 0. The van der Waals surface area contributed by atoms with Crippen LogP contribution in [0.3, 0.4) is 0 Å². The number of carbonyl (C=O) groups is 2. The molecular formula is C14H17N3O3S. The Morgan fingerprint density at radius 1 is 1.38 bits per heavy atom. The highest BCUT2D eigenvalue weighted by atomic mass is 32.1. The summed E-state index contributed by atoms with van der Waals surface area (Å²) in [4.78, 5) is 25.2. The Kier molecular flexibility index (Phi) is 4.74. The molecule has 0 saturated carbocycles. The number of rotatable bonds is 5. The van der Waals surface area contributed by atoms with E-state index in [9.17, 15) is 9.59 Å². The molecule has 2 aromatic heterocycles. The number of aromatic amines is 1. The number of nitrogens with one attached hydrogen (secondary N) is 2. The third-order valence-corrected chi connectivity index (χ3v) is 4.12. The molecule has 2 rings (SSSR count). The standard InChI is InChI=1S/C14H17N3O3S/c1-4-9-6-10(14(19)20-5-2)13(21-9)16-12(18)11-7-15-17-8(11)3/h6-7H,4-5H2,1-3H3,(H,15,17)(H,16,18). The van der Waals surface area contributed by atoms with E-state index in [2.05, 4.69) is 15.5 Å². The number of hydrogen-bond acceptors (Lipinski definition) is 5. The fourth-order valence-corrected chi connectivity index (χ4v) is 2.80. The highest BCUT2D eigenvalue weighted by Crippen LogP contribution is 2.29. The summed E-state index contributed by atoms with van der Waals surface area (Å²) in [5.74, 6) is -0.719. The first-order valence-electron chi connectivity index (χ1n) is 6.67. The maximum atomic E-state index is 12.2. The topological polar surface area (TPSA) is 84.1 Å². The minimum Gasteiger partial charge on any atom is -0.462 e. The molecule has 0 spiro atoms. The largest absolute Gasteiger partial charge is 0.462 e. The molecule has 0 saturated heterocycles. The molecule has 2 heterocycles. The lowest BCUT2D eigenvalue weighted by atomic mass is 10.2. The Balaban J connectivity index is 2.26. The minimum absolute atomic E-state index is 0.295. The second-order valence-corrected chi connectivity index (χ2v) is 5.53. The zero-order chi connectivity index (χ0) is 15.4. The monoisotopic (exact) mass is 307 g/mol. The summed E-state index contributed by atoms with van der Waals surface area (Å²) in [6, 6.07) is 1.76. The lowest BCUT2D eigenvalue weighted by molar-refractivity contribution is 0.0528. The summed E-state index contributed by atoms with van der Waals surface area (Å²) >= 11 is 1.38. The van der Waals surface area contributed by atoms with Gasteiger partial charge in [0.25, 0.3) is 5.91 Å². The van der Waals surface area contributed by atoms with Gasteiger partial charge in [0.2, 0.25) is 0 Å². The minimum atomic E-state index is -0.423. The number of carbonyl (C=O) groups excluding carboxylic acids is 2. The Bertz CT molecular complexity index is 660. The molecule has 21 heavy (non-hydrogen) atoms. The van der Waals surface area contributed by atoms with E-state index in [0.29, 0.717) is 28.4 Å². The van der Waals surface area contributed by atoms with Crippen molar-refractivity contribution in [1.82, 2.24) is 10.2 Å². The first-order valence-corrected chi connectivity index (χ1v) is 7.49. The van der Waals surface area contributed by atoms with Crippen molar-refractivity contribution < 1.29 is 14.3 Å². The molecule has 0 radical (unpaired) electrons. The second-order valence-electron chi connectivity index (χ2n) is 4.39. The normalized spacial score (nSPS) is 10.4. The number of ether oxygens (including phenoxy) is 1. The number of thiophene rings is 1. The van der Waals surface area contributed by atoms with Crippen LogP contribution in [0.4, 0.5) is 5.00 Å². The Morgan fingerprint density at radius 2 is 2.14 bits per heavy atom. The van der Waals surface area contributed by atoms with Crippen LogP contribution in [-0.4, -0.2) is 28.7 Å². The number of hydrogen-bond donors (Lipinski definition) is 2. The van der Waals surface area contributed by atoms with Crippen LogP contribution in [0, 0.1) is 6.92 Å². The lowest BCUT2D eigenvalue weighted by Gasteiger charge is -2.05. The van der Waals surface area contributed by atoms with Crippen LogP contribution in [-0.2, 0) is 11.2 Å². The molecule has 0 fully saturated rings. The van der Waals surface area contributed by atoms with Crippen molar-refractivity contribution in [3.8, 4) is 0 Å². The molecule has 0 aliphatic heterocycles. The molecule has 112 valence electrons. The van der Waals surface area contributed by atoms with Crippen molar-refractivity contribution in [3.63, 3.8) is 0 Å². The van der Waals surface area contributed by atoms with Crippen LogP contribution in [0.2, 0.25) is 0 Å². The number of H-pyrrole nitrogens is 1. The van der Waals surface area contributed by atoms with Gasteiger partial charge >= 0.3 is 5.97 Å². The van der Waals surface area contributed by atoms with E-state index in [-0.39, 0.29) is 5.91 Å². The molecule has 6 nitrogen and oxygen atoms in total. The first-order chi connectivity index (χ1) is 10.1. The molecular weight excluding hydrogens is 290 g/mol. The predicted molar refractivity (Wildman–Crippen MR) is 80.9 cm³/mol. The molecule has 0 aliphatic carbocycles. The van der Waals surface area contributed by atoms with Crippen LogP contribution in [0.25, 0.3) is 0 Å². The highest BCUT2D eigenvalue weighted by Gasteiger charge is 2.20. The molecule has 0 unspecified atom stereocenters. The molecule has 0 aliphatic rings. The van der Waals surface area contributed by atoms with Crippen molar-refractivity contribution in [1.29, 1.82) is 0 Å². The zero-order valence-corrected chi connectivity index (χ0v) is 13.0. The number of esters is 1. The summed E-state index contributed by atoms with van der Waals surface area (Å²) in [5, 5.41) is 9.81. The zero-order valence-electron chi connectivity index (χ0n) is 12.1. The van der Waals surface area contributed by atoms with Gasteiger partial charge in [-0.25, -0.2) is 4.79 Å². The molecule has 2 N–H and O–H groups in total. The average molecular weight is 307 g/mol.